The summed E-state index contributed by atoms with van der Waals surface area (Å²) in [5, 5.41) is 16.8. The monoisotopic (exact) mass is 361 g/mol. The standard InChI is InChI=1S/C15H9BrFN3O2/c16-10-3-6-12(13(17)7-10)14-8-20(19-18-14)11-4-1-9(2-5-11)15(21)22/h1-8H,(H,21,22). The molecule has 0 saturated carbocycles. The van der Waals surface area contributed by atoms with Crippen molar-refractivity contribution < 1.29 is 14.3 Å². The lowest BCUT2D eigenvalue weighted by molar-refractivity contribution is 0.0697. The minimum atomic E-state index is -0.997. The third-order valence-corrected chi connectivity index (χ3v) is 3.57. The van der Waals surface area contributed by atoms with E-state index in [4.69, 9.17) is 5.11 Å². The first-order chi connectivity index (χ1) is 10.5. The Labute approximate surface area is 133 Å². The van der Waals surface area contributed by atoms with Crippen LogP contribution in [-0.2, 0) is 0 Å². The van der Waals surface area contributed by atoms with E-state index in [1.165, 1.54) is 22.9 Å². The molecule has 3 aromatic rings. The Kier molecular flexibility index (Phi) is 3.72. The van der Waals surface area contributed by atoms with Crippen LogP contribution in [0.1, 0.15) is 10.4 Å². The molecule has 5 nitrogen and oxygen atoms in total. The summed E-state index contributed by atoms with van der Waals surface area (Å²) in [5.74, 6) is -1.40. The first kappa shape index (κ1) is 14.4. The maximum absolute atomic E-state index is 13.9. The highest BCUT2D eigenvalue weighted by Gasteiger charge is 2.11. The van der Waals surface area contributed by atoms with Gasteiger partial charge in [0.25, 0.3) is 0 Å². The zero-order chi connectivity index (χ0) is 15.7. The third kappa shape index (κ3) is 2.75. The molecular formula is C15H9BrFN3O2. The molecule has 1 heterocycles. The molecule has 0 aliphatic carbocycles. The van der Waals surface area contributed by atoms with Crippen LogP contribution in [-0.4, -0.2) is 26.1 Å². The van der Waals surface area contributed by atoms with E-state index in [-0.39, 0.29) is 5.56 Å². The summed E-state index contributed by atoms with van der Waals surface area (Å²) < 4.78 is 16.0. The average Bonchev–Trinajstić information content (AvgIpc) is 2.97. The maximum atomic E-state index is 13.9. The lowest BCUT2D eigenvalue weighted by atomic mass is 10.1. The number of carboxylic acids is 1. The summed E-state index contributed by atoms with van der Waals surface area (Å²) in [6, 6.07) is 10.9. The number of carbonyl (C=O) groups is 1. The van der Waals surface area contributed by atoms with E-state index in [0.717, 1.165) is 0 Å². The quantitative estimate of drug-likeness (QED) is 0.774. The molecule has 3 rings (SSSR count). The molecule has 110 valence electrons. The second kappa shape index (κ2) is 5.69. The first-order valence-corrected chi connectivity index (χ1v) is 7.05. The van der Waals surface area contributed by atoms with Gasteiger partial charge in [-0.15, -0.1) is 5.10 Å². The molecule has 0 fully saturated rings. The van der Waals surface area contributed by atoms with Gasteiger partial charge in [0.05, 0.1) is 17.4 Å². The molecule has 0 amide bonds. The second-order valence-corrected chi connectivity index (χ2v) is 5.44. The van der Waals surface area contributed by atoms with Gasteiger partial charge in [0.15, 0.2) is 0 Å². The second-order valence-electron chi connectivity index (χ2n) is 4.52. The molecule has 1 aromatic heterocycles. The van der Waals surface area contributed by atoms with Crippen molar-refractivity contribution in [1.82, 2.24) is 15.0 Å². The molecule has 0 radical (unpaired) electrons. The summed E-state index contributed by atoms with van der Waals surface area (Å²) in [7, 11) is 0. The van der Waals surface area contributed by atoms with Gasteiger partial charge < -0.3 is 5.11 Å². The van der Waals surface area contributed by atoms with Crippen molar-refractivity contribution in [3.05, 3.63) is 64.5 Å². The third-order valence-electron chi connectivity index (χ3n) is 3.08. The number of aromatic carboxylic acids is 1. The van der Waals surface area contributed by atoms with Gasteiger partial charge in [0.1, 0.15) is 11.5 Å². The maximum Gasteiger partial charge on any atom is 0.335 e. The Bertz CT molecular complexity index is 846. The fraction of sp³-hybridized carbons (Fsp3) is 0. The number of nitrogens with zero attached hydrogens (tertiary/aromatic N) is 3. The van der Waals surface area contributed by atoms with Gasteiger partial charge in [-0.1, -0.05) is 21.1 Å². The average molecular weight is 362 g/mol. The van der Waals surface area contributed by atoms with Crippen LogP contribution in [0, 0.1) is 5.82 Å². The highest BCUT2D eigenvalue weighted by molar-refractivity contribution is 9.10. The Balaban J connectivity index is 1.95. The zero-order valence-electron chi connectivity index (χ0n) is 11.1. The van der Waals surface area contributed by atoms with Crippen molar-refractivity contribution in [3.8, 4) is 16.9 Å². The number of benzene rings is 2. The van der Waals surface area contributed by atoms with E-state index in [1.54, 1.807) is 30.5 Å². The fourth-order valence-electron chi connectivity index (χ4n) is 1.97. The normalized spacial score (nSPS) is 10.6. The fourth-order valence-corrected chi connectivity index (χ4v) is 2.30. The molecule has 0 saturated heterocycles. The van der Waals surface area contributed by atoms with E-state index < -0.39 is 11.8 Å². The van der Waals surface area contributed by atoms with Crippen LogP contribution in [0.2, 0.25) is 0 Å². The van der Waals surface area contributed by atoms with Gasteiger partial charge >= 0.3 is 5.97 Å². The number of halogens is 2. The molecule has 1 N–H and O–H groups in total. The van der Waals surface area contributed by atoms with Crippen LogP contribution in [0.5, 0.6) is 0 Å². The van der Waals surface area contributed by atoms with Crippen LogP contribution in [0.4, 0.5) is 4.39 Å². The number of aromatic nitrogens is 3. The van der Waals surface area contributed by atoms with Gasteiger partial charge in [-0.2, -0.15) is 0 Å². The van der Waals surface area contributed by atoms with E-state index in [0.29, 0.717) is 21.4 Å². The van der Waals surface area contributed by atoms with Gasteiger partial charge in [0.2, 0.25) is 0 Å². The van der Waals surface area contributed by atoms with Crippen molar-refractivity contribution in [2.75, 3.05) is 0 Å². The van der Waals surface area contributed by atoms with Crippen LogP contribution < -0.4 is 0 Å². The zero-order valence-corrected chi connectivity index (χ0v) is 12.7. The molecule has 2 aromatic carbocycles. The molecule has 22 heavy (non-hydrogen) atoms. The number of hydrogen-bond acceptors (Lipinski definition) is 3. The van der Waals surface area contributed by atoms with Crippen molar-refractivity contribution in [2.45, 2.75) is 0 Å². The largest absolute Gasteiger partial charge is 0.478 e. The summed E-state index contributed by atoms with van der Waals surface area (Å²) in [6.07, 6.45) is 1.59. The van der Waals surface area contributed by atoms with Crippen LogP contribution in [0.3, 0.4) is 0 Å². The lowest BCUT2D eigenvalue weighted by Crippen LogP contribution is -1.98. The van der Waals surface area contributed by atoms with Gasteiger partial charge in [-0.25, -0.2) is 13.9 Å². The summed E-state index contributed by atoms with van der Waals surface area (Å²) in [6.45, 7) is 0. The molecular weight excluding hydrogens is 353 g/mol. The van der Waals surface area contributed by atoms with E-state index in [2.05, 4.69) is 26.2 Å². The predicted molar refractivity (Wildman–Crippen MR) is 81.4 cm³/mol. The van der Waals surface area contributed by atoms with Crippen LogP contribution >= 0.6 is 15.9 Å². The van der Waals surface area contributed by atoms with Gasteiger partial charge in [-0.3, -0.25) is 0 Å². The highest BCUT2D eigenvalue weighted by atomic mass is 79.9. The number of rotatable bonds is 3. The summed E-state index contributed by atoms with van der Waals surface area (Å²) in [5.41, 5.74) is 1.56. The number of carboxylic acid groups (broad SMARTS) is 1. The Hall–Kier alpha value is -2.54. The van der Waals surface area contributed by atoms with Gasteiger partial charge in [-0.05, 0) is 42.5 Å². The van der Waals surface area contributed by atoms with E-state index in [1.807, 2.05) is 0 Å². The van der Waals surface area contributed by atoms with E-state index in [9.17, 15) is 9.18 Å². The number of hydrogen-bond donors (Lipinski definition) is 1. The molecule has 0 aliphatic heterocycles. The van der Waals surface area contributed by atoms with Crippen LogP contribution in [0.15, 0.2) is 53.1 Å². The molecule has 0 atom stereocenters. The van der Waals surface area contributed by atoms with E-state index >= 15 is 0 Å². The first-order valence-electron chi connectivity index (χ1n) is 6.26. The molecule has 0 aliphatic rings. The van der Waals surface area contributed by atoms with Crippen molar-refractivity contribution in [1.29, 1.82) is 0 Å². The lowest BCUT2D eigenvalue weighted by Gasteiger charge is -2.01. The molecule has 0 bridgehead atoms. The molecule has 0 unspecified atom stereocenters. The Morgan fingerprint density at radius 1 is 1.18 bits per heavy atom. The molecule has 0 spiro atoms. The van der Waals surface area contributed by atoms with Crippen LogP contribution in [0.25, 0.3) is 16.9 Å². The van der Waals surface area contributed by atoms with Crippen molar-refractivity contribution in [3.63, 3.8) is 0 Å². The smallest absolute Gasteiger partial charge is 0.335 e. The Morgan fingerprint density at radius 3 is 2.55 bits per heavy atom. The topological polar surface area (TPSA) is 68.0 Å². The van der Waals surface area contributed by atoms with Crippen molar-refractivity contribution >= 4 is 21.9 Å². The van der Waals surface area contributed by atoms with Gasteiger partial charge in [0, 0.05) is 10.0 Å². The SMILES string of the molecule is O=C(O)c1ccc(-n2cc(-c3ccc(Br)cc3F)nn2)cc1. The Morgan fingerprint density at radius 2 is 1.91 bits per heavy atom. The van der Waals surface area contributed by atoms with Crippen molar-refractivity contribution in [2.24, 2.45) is 0 Å². The minimum Gasteiger partial charge on any atom is -0.478 e. The molecule has 7 heteroatoms. The summed E-state index contributed by atoms with van der Waals surface area (Å²) >= 11 is 3.20. The minimum absolute atomic E-state index is 0.183. The predicted octanol–water partition coefficient (Wildman–Crippen LogP) is 3.53. The summed E-state index contributed by atoms with van der Waals surface area (Å²) in [4.78, 5) is 10.8. The highest BCUT2D eigenvalue weighted by Crippen LogP contribution is 2.24.